The monoisotopic (exact) mass is 753 g/mol. The minimum Gasteiger partial charge on any atom is -0.494 e. The number of nitrogens with one attached hydrogen (secondary N) is 2. The first-order valence-corrected chi connectivity index (χ1v) is 17.0. The van der Waals surface area contributed by atoms with Crippen molar-refractivity contribution in [1.29, 1.82) is 0 Å². The van der Waals surface area contributed by atoms with Crippen LogP contribution in [0.1, 0.15) is 58.7 Å². The number of rotatable bonds is 15. The number of hydrogen-bond donors (Lipinski definition) is 2. The third kappa shape index (κ3) is 10.1. The Bertz CT molecular complexity index is 2080. The Morgan fingerprint density at radius 1 is 0.981 bits per heavy atom. The van der Waals surface area contributed by atoms with Crippen LogP contribution in [-0.2, 0) is 20.8 Å². The average Bonchev–Trinajstić information content (AvgIpc) is 3.47. The van der Waals surface area contributed by atoms with Gasteiger partial charge >= 0.3 is 12.1 Å². The Hall–Kier alpha value is -6.00. The van der Waals surface area contributed by atoms with Crippen molar-refractivity contribution in [2.75, 3.05) is 25.1 Å². The summed E-state index contributed by atoms with van der Waals surface area (Å²) in [6.07, 6.45) is -0.783. The SMILES string of the molecule is CCOc1cc(F)c(Cn2nc(-c3ncc(OCCCOC(=O)C(C)NC(=O)OC(C)(C)C)c(Nc4ccnc(C(F)F)c4)n3)c3ccccc32)c(F)c1. The highest BCUT2D eigenvalue weighted by Crippen LogP contribution is 2.32. The van der Waals surface area contributed by atoms with Gasteiger partial charge in [-0.05, 0) is 52.8 Å². The molecule has 5 rings (SSSR count). The number of alkyl carbamates (subject to hydrolysis) is 1. The van der Waals surface area contributed by atoms with E-state index in [2.05, 4.69) is 30.7 Å². The van der Waals surface area contributed by atoms with Crippen LogP contribution in [0.4, 0.5) is 33.9 Å². The number of fused-ring (bicyclic) bond motifs is 1. The molecule has 2 aromatic carbocycles. The number of carbonyl (C=O) groups is 2. The number of para-hydroxylation sites is 1. The minimum atomic E-state index is -2.83. The molecule has 0 aliphatic rings. The topological polar surface area (TPSA) is 152 Å². The lowest BCUT2D eigenvalue weighted by atomic mass is 10.1. The molecule has 1 atom stereocenters. The van der Waals surface area contributed by atoms with Crippen molar-refractivity contribution >= 4 is 34.5 Å². The van der Waals surface area contributed by atoms with Gasteiger partial charge in [0.15, 0.2) is 17.4 Å². The molecule has 1 amide bonds. The zero-order chi connectivity index (χ0) is 39.0. The molecule has 0 aliphatic heterocycles. The minimum absolute atomic E-state index is 0.0218. The third-order valence-electron chi connectivity index (χ3n) is 7.50. The number of alkyl halides is 2. The number of amides is 1. The maximum atomic E-state index is 15.0. The number of halogens is 4. The molecular formula is C37H39F4N7O6. The molecule has 3 heterocycles. The molecule has 286 valence electrons. The van der Waals surface area contributed by atoms with Gasteiger partial charge in [0.25, 0.3) is 6.43 Å². The Labute approximate surface area is 308 Å². The van der Waals surface area contributed by atoms with Gasteiger partial charge in [-0.15, -0.1) is 0 Å². The van der Waals surface area contributed by atoms with Gasteiger partial charge in [-0.25, -0.2) is 37.1 Å². The summed E-state index contributed by atoms with van der Waals surface area (Å²) in [4.78, 5) is 37.1. The second kappa shape index (κ2) is 17.2. The van der Waals surface area contributed by atoms with Crippen LogP contribution in [0.5, 0.6) is 11.5 Å². The van der Waals surface area contributed by atoms with Crippen LogP contribution in [0, 0.1) is 11.6 Å². The molecule has 0 radical (unpaired) electrons. The Balaban J connectivity index is 1.37. The largest absolute Gasteiger partial charge is 0.494 e. The number of carbonyl (C=O) groups excluding carboxylic acids is 2. The fraction of sp³-hybridized carbons (Fsp3) is 0.351. The van der Waals surface area contributed by atoms with E-state index in [9.17, 15) is 18.4 Å². The first-order chi connectivity index (χ1) is 25.7. The van der Waals surface area contributed by atoms with Gasteiger partial charge in [-0.1, -0.05) is 18.2 Å². The maximum Gasteiger partial charge on any atom is 0.408 e. The van der Waals surface area contributed by atoms with Gasteiger partial charge in [0.1, 0.15) is 40.4 Å². The van der Waals surface area contributed by atoms with E-state index in [1.807, 2.05) is 0 Å². The van der Waals surface area contributed by atoms with Crippen molar-refractivity contribution in [2.45, 2.75) is 65.7 Å². The fourth-order valence-electron chi connectivity index (χ4n) is 5.09. The van der Waals surface area contributed by atoms with E-state index in [0.29, 0.717) is 10.9 Å². The predicted molar refractivity (Wildman–Crippen MR) is 190 cm³/mol. The number of hydrogen-bond acceptors (Lipinski definition) is 11. The number of nitrogens with zero attached hydrogens (tertiary/aromatic N) is 5. The summed E-state index contributed by atoms with van der Waals surface area (Å²) < 4.78 is 80.0. The smallest absolute Gasteiger partial charge is 0.408 e. The molecule has 0 fully saturated rings. The molecule has 54 heavy (non-hydrogen) atoms. The maximum absolute atomic E-state index is 15.0. The average molecular weight is 754 g/mol. The van der Waals surface area contributed by atoms with Crippen molar-refractivity contribution in [3.05, 3.63) is 83.8 Å². The Kier molecular flexibility index (Phi) is 12.5. The van der Waals surface area contributed by atoms with Crippen LogP contribution >= 0.6 is 0 Å². The van der Waals surface area contributed by atoms with E-state index in [1.54, 1.807) is 52.0 Å². The number of aromatic nitrogens is 5. The summed E-state index contributed by atoms with van der Waals surface area (Å²) in [5.74, 6) is -1.91. The van der Waals surface area contributed by atoms with E-state index < -0.39 is 47.5 Å². The fourth-order valence-corrected chi connectivity index (χ4v) is 5.09. The molecule has 0 spiro atoms. The summed E-state index contributed by atoms with van der Waals surface area (Å²) in [5.41, 5.74) is -0.385. The molecule has 5 aromatic rings. The zero-order valence-electron chi connectivity index (χ0n) is 30.2. The summed E-state index contributed by atoms with van der Waals surface area (Å²) in [5, 5.41) is 10.6. The molecule has 0 bridgehead atoms. The number of ether oxygens (including phenoxy) is 4. The van der Waals surface area contributed by atoms with Gasteiger partial charge < -0.3 is 29.6 Å². The summed E-state index contributed by atoms with van der Waals surface area (Å²) in [7, 11) is 0. The summed E-state index contributed by atoms with van der Waals surface area (Å²) >= 11 is 0. The molecule has 2 N–H and O–H groups in total. The first-order valence-electron chi connectivity index (χ1n) is 17.0. The number of esters is 1. The van der Waals surface area contributed by atoms with Gasteiger partial charge in [-0.3, -0.25) is 9.67 Å². The van der Waals surface area contributed by atoms with Gasteiger partial charge in [0, 0.05) is 41.4 Å². The standard InChI is InChI=1S/C37H39F4N7O6/c1-6-51-23-17-26(38)25(27(39)18-23)20-48-29-11-8-7-10-24(29)31(47-48)34-43-19-30(33(46-34)45-22-12-13-42-28(16-22)32(40)41)52-14-9-15-53-35(49)21(2)44-36(50)54-37(3,4)5/h7-8,10-13,16-19,21,32H,6,9,14-15,20H2,1-5H3,(H,44,50)(H,42,43,45,46). The lowest BCUT2D eigenvalue weighted by molar-refractivity contribution is -0.145. The normalized spacial score (nSPS) is 12.0. The predicted octanol–water partition coefficient (Wildman–Crippen LogP) is 7.52. The van der Waals surface area contributed by atoms with E-state index in [4.69, 9.17) is 18.9 Å². The van der Waals surface area contributed by atoms with E-state index in [0.717, 1.165) is 18.2 Å². The molecule has 0 saturated carbocycles. The molecule has 3 aromatic heterocycles. The van der Waals surface area contributed by atoms with Crippen LogP contribution in [0.3, 0.4) is 0 Å². The molecule has 1 unspecified atom stereocenters. The molecule has 13 nitrogen and oxygen atoms in total. The zero-order valence-corrected chi connectivity index (χ0v) is 30.2. The van der Waals surface area contributed by atoms with Crippen LogP contribution < -0.4 is 20.1 Å². The van der Waals surface area contributed by atoms with Gasteiger partial charge in [0.2, 0.25) is 0 Å². The third-order valence-corrected chi connectivity index (χ3v) is 7.50. The Morgan fingerprint density at radius 3 is 2.43 bits per heavy atom. The van der Waals surface area contributed by atoms with E-state index in [-0.39, 0.29) is 72.9 Å². The number of benzene rings is 2. The Morgan fingerprint density at radius 2 is 1.72 bits per heavy atom. The van der Waals surface area contributed by atoms with Crippen molar-refractivity contribution in [2.24, 2.45) is 0 Å². The van der Waals surface area contributed by atoms with Crippen LogP contribution in [-0.4, -0.2) is 68.3 Å². The quantitative estimate of drug-likeness (QED) is 0.0621. The molecule has 17 heteroatoms. The van der Waals surface area contributed by atoms with E-state index in [1.165, 1.54) is 30.1 Å². The lowest BCUT2D eigenvalue weighted by Gasteiger charge is -2.21. The van der Waals surface area contributed by atoms with Crippen LogP contribution in [0.15, 0.2) is 60.9 Å². The van der Waals surface area contributed by atoms with Gasteiger partial charge in [0.05, 0.1) is 38.1 Å². The van der Waals surface area contributed by atoms with Crippen LogP contribution in [0.25, 0.3) is 22.4 Å². The highest BCUT2D eigenvalue weighted by molar-refractivity contribution is 5.92. The second-order valence-corrected chi connectivity index (χ2v) is 12.9. The first kappa shape index (κ1) is 39.2. The summed E-state index contributed by atoms with van der Waals surface area (Å²) in [6, 6.07) is 10.9. The van der Waals surface area contributed by atoms with Gasteiger partial charge in [-0.2, -0.15) is 5.10 Å². The highest BCUT2D eigenvalue weighted by atomic mass is 19.3. The van der Waals surface area contributed by atoms with Crippen molar-refractivity contribution < 1.29 is 46.1 Å². The number of pyridine rings is 1. The van der Waals surface area contributed by atoms with E-state index >= 15 is 8.78 Å². The van der Waals surface area contributed by atoms with Crippen LogP contribution in [0.2, 0.25) is 0 Å². The van der Waals surface area contributed by atoms with Crippen molar-refractivity contribution in [3.63, 3.8) is 0 Å². The highest BCUT2D eigenvalue weighted by Gasteiger charge is 2.23. The molecular weight excluding hydrogens is 714 g/mol. The second-order valence-electron chi connectivity index (χ2n) is 12.9. The molecule has 0 aliphatic carbocycles. The van der Waals surface area contributed by atoms with Crippen molar-refractivity contribution in [3.8, 4) is 23.0 Å². The lowest BCUT2D eigenvalue weighted by Crippen LogP contribution is -2.42. The molecule has 0 saturated heterocycles. The number of anilines is 2. The summed E-state index contributed by atoms with van der Waals surface area (Å²) in [6.45, 7) is 8.20. The van der Waals surface area contributed by atoms with Crippen molar-refractivity contribution in [1.82, 2.24) is 30.0 Å².